The van der Waals surface area contributed by atoms with Gasteiger partial charge in [-0.2, -0.15) is 5.10 Å². The molecule has 0 radical (unpaired) electrons. The topological polar surface area (TPSA) is 75.3 Å². The van der Waals surface area contributed by atoms with Crippen molar-refractivity contribution < 1.29 is 13.2 Å². The zero-order valence-corrected chi connectivity index (χ0v) is 17.9. The quantitative estimate of drug-likeness (QED) is 0.458. The Hall–Kier alpha value is -2.90. The first-order valence-electron chi connectivity index (χ1n) is 10.1. The molecule has 3 aromatic carbocycles. The predicted octanol–water partition coefficient (Wildman–Crippen LogP) is 4.27. The standard InChI is InChI=1S/C23H25N3O3S/c1-3-26(4-2)14-15-29-18-12-13-21-20(16-18)23(25-24-21)30(27,28)22-11-7-9-17-8-5-6-10-19(17)22/h5-13,16H,3-4,14-15H2,1-2H3,(H,24,25). The molecule has 0 spiro atoms. The molecule has 1 aromatic heterocycles. The Bertz CT molecular complexity index is 1270. The Morgan fingerprint density at radius 3 is 2.53 bits per heavy atom. The molecule has 7 heteroatoms. The number of ether oxygens (including phenoxy) is 1. The van der Waals surface area contributed by atoms with E-state index in [0.29, 0.717) is 28.6 Å². The second-order valence-electron chi connectivity index (χ2n) is 7.09. The van der Waals surface area contributed by atoms with Gasteiger partial charge < -0.3 is 9.64 Å². The maximum Gasteiger partial charge on any atom is 0.224 e. The lowest BCUT2D eigenvalue weighted by Gasteiger charge is -2.18. The Balaban J connectivity index is 1.70. The van der Waals surface area contributed by atoms with Crippen LogP contribution in [-0.4, -0.2) is 49.8 Å². The molecule has 4 rings (SSSR count). The number of H-pyrrole nitrogens is 1. The van der Waals surface area contributed by atoms with Crippen LogP contribution >= 0.6 is 0 Å². The molecule has 1 heterocycles. The molecule has 0 atom stereocenters. The van der Waals surface area contributed by atoms with Gasteiger partial charge in [-0.15, -0.1) is 0 Å². The van der Waals surface area contributed by atoms with Crippen LogP contribution < -0.4 is 4.74 Å². The molecule has 0 saturated carbocycles. The molecule has 0 bridgehead atoms. The molecule has 0 aliphatic heterocycles. The van der Waals surface area contributed by atoms with Crippen molar-refractivity contribution in [2.24, 2.45) is 0 Å². The number of fused-ring (bicyclic) bond motifs is 2. The van der Waals surface area contributed by atoms with Gasteiger partial charge in [-0.1, -0.05) is 50.2 Å². The zero-order valence-electron chi connectivity index (χ0n) is 17.1. The summed E-state index contributed by atoms with van der Waals surface area (Å²) in [4.78, 5) is 2.53. The van der Waals surface area contributed by atoms with E-state index in [1.807, 2.05) is 36.4 Å². The second kappa shape index (κ2) is 8.45. The highest BCUT2D eigenvalue weighted by Crippen LogP contribution is 2.32. The molecule has 0 aliphatic carbocycles. The molecule has 1 N–H and O–H groups in total. The highest BCUT2D eigenvalue weighted by atomic mass is 32.2. The van der Waals surface area contributed by atoms with E-state index < -0.39 is 9.84 Å². The van der Waals surface area contributed by atoms with Crippen LogP contribution in [0.5, 0.6) is 5.75 Å². The van der Waals surface area contributed by atoms with Crippen molar-refractivity contribution >= 4 is 31.5 Å². The third-order valence-electron chi connectivity index (χ3n) is 5.37. The molecule has 0 saturated heterocycles. The van der Waals surface area contributed by atoms with Gasteiger partial charge in [0, 0.05) is 17.3 Å². The number of aromatic amines is 1. The lowest BCUT2D eigenvalue weighted by Crippen LogP contribution is -2.27. The zero-order chi connectivity index (χ0) is 21.1. The highest BCUT2D eigenvalue weighted by Gasteiger charge is 2.25. The molecule has 0 amide bonds. The Labute approximate surface area is 176 Å². The molecule has 0 fully saturated rings. The van der Waals surface area contributed by atoms with Crippen molar-refractivity contribution in [3.8, 4) is 5.75 Å². The van der Waals surface area contributed by atoms with Crippen LogP contribution in [0.15, 0.2) is 70.6 Å². The van der Waals surface area contributed by atoms with Gasteiger partial charge in [-0.05, 0) is 42.7 Å². The van der Waals surface area contributed by atoms with Gasteiger partial charge in [-0.25, -0.2) is 8.42 Å². The Morgan fingerprint density at radius 2 is 1.73 bits per heavy atom. The van der Waals surface area contributed by atoms with Gasteiger partial charge >= 0.3 is 0 Å². The van der Waals surface area contributed by atoms with Crippen molar-refractivity contribution in [2.45, 2.75) is 23.8 Å². The maximum absolute atomic E-state index is 13.5. The van der Waals surface area contributed by atoms with E-state index in [0.717, 1.165) is 25.0 Å². The lowest BCUT2D eigenvalue weighted by atomic mass is 10.1. The van der Waals surface area contributed by atoms with Crippen molar-refractivity contribution in [3.63, 3.8) is 0 Å². The van der Waals surface area contributed by atoms with Crippen LogP contribution in [0.1, 0.15) is 13.8 Å². The first-order valence-corrected chi connectivity index (χ1v) is 11.6. The number of hydrogen-bond acceptors (Lipinski definition) is 5. The fourth-order valence-electron chi connectivity index (χ4n) is 3.63. The normalized spacial score (nSPS) is 12.1. The summed E-state index contributed by atoms with van der Waals surface area (Å²) in [5, 5.41) is 9.12. The number of nitrogens with one attached hydrogen (secondary N) is 1. The van der Waals surface area contributed by atoms with Crippen molar-refractivity contribution in [1.29, 1.82) is 0 Å². The summed E-state index contributed by atoms with van der Waals surface area (Å²) >= 11 is 0. The number of benzene rings is 3. The Morgan fingerprint density at radius 1 is 0.967 bits per heavy atom. The summed E-state index contributed by atoms with van der Waals surface area (Å²) < 4.78 is 32.9. The van der Waals surface area contributed by atoms with Crippen LogP contribution in [0.2, 0.25) is 0 Å². The van der Waals surface area contributed by atoms with E-state index in [9.17, 15) is 8.42 Å². The number of aromatic nitrogens is 2. The summed E-state index contributed by atoms with van der Waals surface area (Å²) in [7, 11) is -3.79. The minimum atomic E-state index is -3.79. The van der Waals surface area contributed by atoms with Gasteiger partial charge in [0.2, 0.25) is 9.84 Å². The number of sulfone groups is 1. The van der Waals surface area contributed by atoms with Crippen LogP contribution in [0.25, 0.3) is 21.7 Å². The van der Waals surface area contributed by atoms with Crippen LogP contribution in [-0.2, 0) is 9.84 Å². The molecule has 0 aliphatic rings. The minimum absolute atomic E-state index is 0.0862. The summed E-state index contributed by atoms with van der Waals surface area (Å²) in [5.41, 5.74) is 0.588. The fraction of sp³-hybridized carbons (Fsp3) is 0.261. The average molecular weight is 424 g/mol. The van der Waals surface area contributed by atoms with Crippen LogP contribution in [0.3, 0.4) is 0 Å². The molecule has 6 nitrogen and oxygen atoms in total. The largest absolute Gasteiger partial charge is 0.492 e. The first-order chi connectivity index (χ1) is 14.5. The third kappa shape index (κ3) is 3.78. The maximum atomic E-state index is 13.5. The Kier molecular flexibility index (Phi) is 5.74. The van der Waals surface area contributed by atoms with Crippen molar-refractivity contribution in [2.75, 3.05) is 26.2 Å². The number of hydrogen-bond donors (Lipinski definition) is 1. The molecular formula is C23H25N3O3S. The second-order valence-corrected chi connectivity index (χ2v) is 8.94. The van der Waals surface area contributed by atoms with Gasteiger partial charge in [-0.3, -0.25) is 5.10 Å². The van der Waals surface area contributed by atoms with Crippen LogP contribution in [0, 0.1) is 0 Å². The van der Waals surface area contributed by atoms with Gasteiger partial charge in [0.15, 0.2) is 5.03 Å². The summed E-state index contributed by atoms with van der Waals surface area (Å²) in [6, 6.07) is 18.1. The SMILES string of the molecule is CCN(CC)CCOc1ccc2n[nH]c(S(=O)(=O)c3cccc4ccccc34)c2c1. The predicted molar refractivity (Wildman–Crippen MR) is 119 cm³/mol. The summed E-state index contributed by atoms with van der Waals surface area (Å²) in [6.07, 6.45) is 0. The fourth-order valence-corrected chi connectivity index (χ4v) is 5.20. The first kappa shape index (κ1) is 20.4. The number of likely N-dealkylation sites (N-methyl/N-ethyl adjacent to an activating group) is 1. The van der Waals surface area contributed by atoms with E-state index >= 15 is 0 Å². The van der Waals surface area contributed by atoms with E-state index in [2.05, 4.69) is 28.9 Å². The van der Waals surface area contributed by atoms with E-state index in [1.54, 1.807) is 24.3 Å². The van der Waals surface area contributed by atoms with Crippen LogP contribution in [0.4, 0.5) is 0 Å². The van der Waals surface area contributed by atoms with Gasteiger partial charge in [0.1, 0.15) is 12.4 Å². The minimum Gasteiger partial charge on any atom is -0.492 e. The average Bonchev–Trinajstić information content (AvgIpc) is 3.20. The number of nitrogens with zero attached hydrogens (tertiary/aromatic N) is 2. The van der Waals surface area contributed by atoms with Gasteiger partial charge in [0.05, 0.1) is 10.4 Å². The van der Waals surface area contributed by atoms with E-state index in [4.69, 9.17) is 4.74 Å². The third-order valence-corrected chi connectivity index (χ3v) is 7.15. The molecule has 30 heavy (non-hydrogen) atoms. The van der Waals surface area contributed by atoms with Crippen molar-refractivity contribution in [3.05, 3.63) is 60.7 Å². The molecule has 0 unspecified atom stereocenters. The lowest BCUT2D eigenvalue weighted by molar-refractivity contribution is 0.223. The molecule has 156 valence electrons. The smallest absolute Gasteiger partial charge is 0.224 e. The van der Waals surface area contributed by atoms with Crippen molar-refractivity contribution in [1.82, 2.24) is 15.1 Å². The molecule has 4 aromatic rings. The summed E-state index contributed by atoms with van der Waals surface area (Å²) in [5.74, 6) is 0.630. The summed E-state index contributed by atoms with van der Waals surface area (Å²) in [6.45, 7) is 7.52. The van der Waals surface area contributed by atoms with E-state index in [-0.39, 0.29) is 9.92 Å². The highest BCUT2D eigenvalue weighted by molar-refractivity contribution is 7.91. The molecular weight excluding hydrogens is 398 g/mol. The number of rotatable bonds is 8. The van der Waals surface area contributed by atoms with E-state index in [1.165, 1.54) is 0 Å². The monoisotopic (exact) mass is 423 g/mol. The van der Waals surface area contributed by atoms with Gasteiger partial charge in [0.25, 0.3) is 0 Å².